The molecule has 0 radical (unpaired) electrons. The fraction of sp³-hybridized carbons (Fsp3) is 0.143. The van der Waals surface area contributed by atoms with E-state index in [1.54, 1.807) is 12.4 Å². The van der Waals surface area contributed by atoms with Gasteiger partial charge in [0.25, 0.3) is 5.69 Å². The number of nitrogens with one attached hydrogen (secondary N) is 1. The smallest absolute Gasteiger partial charge is 0.292 e. The summed E-state index contributed by atoms with van der Waals surface area (Å²) < 4.78 is 0. The van der Waals surface area contributed by atoms with Crippen LogP contribution in [-0.2, 0) is 6.42 Å². The monoisotopic (exact) mass is 286 g/mol. The van der Waals surface area contributed by atoms with Gasteiger partial charge in [0.05, 0.1) is 4.92 Å². The zero-order valence-electron chi connectivity index (χ0n) is 11.2. The number of pyridine rings is 1. The van der Waals surface area contributed by atoms with Crippen molar-refractivity contribution in [1.29, 1.82) is 0 Å². The summed E-state index contributed by atoms with van der Waals surface area (Å²) in [6.45, 7) is 0.493. The van der Waals surface area contributed by atoms with Crippen molar-refractivity contribution in [1.82, 2.24) is 4.98 Å². The van der Waals surface area contributed by atoms with Crippen molar-refractivity contribution in [2.75, 3.05) is 11.9 Å². The Labute approximate surface area is 121 Å². The van der Waals surface area contributed by atoms with Gasteiger partial charge in [0.15, 0.2) is 0 Å². The van der Waals surface area contributed by atoms with Gasteiger partial charge in [-0.15, -0.1) is 0 Å². The van der Waals surface area contributed by atoms with E-state index < -0.39 is 10.8 Å². The van der Waals surface area contributed by atoms with Crippen LogP contribution in [0.2, 0.25) is 0 Å². The summed E-state index contributed by atoms with van der Waals surface area (Å²) in [5, 5.41) is 13.9. The molecule has 0 unspecified atom stereocenters. The van der Waals surface area contributed by atoms with Crippen LogP contribution in [0.1, 0.15) is 15.9 Å². The predicted molar refractivity (Wildman–Crippen MR) is 78.0 cm³/mol. The highest BCUT2D eigenvalue weighted by Gasteiger charge is 2.15. The topological polar surface area (TPSA) is 111 Å². The molecule has 21 heavy (non-hydrogen) atoms. The molecule has 2 rings (SSSR count). The standard InChI is InChI=1S/C14H14N4O3/c15-14(19)11-1-2-13(18(20)21)12(9-11)17-8-5-10-3-6-16-7-4-10/h1-4,6-7,9,17H,5,8H2,(H2,15,19). The number of amides is 1. The Kier molecular flexibility index (Phi) is 4.45. The SMILES string of the molecule is NC(=O)c1ccc([N+](=O)[O-])c(NCCc2ccncc2)c1. The van der Waals surface area contributed by atoms with Gasteiger partial charge in [-0.25, -0.2) is 0 Å². The van der Waals surface area contributed by atoms with Crippen LogP contribution in [0.5, 0.6) is 0 Å². The van der Waals surface area contributed by atoms with Gasteiger partial charge >= 0.3 is 0 Å². The maximum Gasteiger partial charge on any atom is 0.292 e. The second-order valence-corrected chi connectivity index (χ2v) is 4.39. The van der Waals surface area contributed by atoms with E-state index >= 15 is 0 Å². The molecule has 1 aromatic heterocycles. The Bertz CT molecular complexity index is 659. The molecular formula is C14H14N4O3. The average molecular weight is 286 g/mol. The number of hydrogen-bond donors (Lipinski definition) is 2. The third kappa shape index (κ3) is 3.75. The minimum atomic E-state index is -0.623. The minimum absolute atomic E-state index is 0.0882. The van der Waals surface area contributed by atoms with Crippen LogP contribution in [-0.4, -0.2) is 22.4 Å². The van der Waals surface area contributed by atoms with Crippen LogP contribution in [0.25, 0.3) is 0 Å². The van der Waals surface area contributed by atoms with E-state index in [0.717, 1.165) is 5.56 Å². The van der Waals surface area contributed by atoms with Gasteiger partial charge in [-0.3, -0.25) is 19.9 Å². The van der Waals surface area contributed by atoms with Crippen LogP contribution in [0.15, 0.2) is 42.7 Å². The second kappa shape index (κ2) is 6.47. The van der Waals surface area contributed by atoms with Crippen molar-refractivity contribution in [2.24, 2.45) is 5.73 Å². The van der Waals surface area contributed by atoms with Crippen molar-refractivity contribution >= 4 is 17.3 Å². The first-order chi connectivity index (χ1) is 10.1. The van der Waals surface area contributed by atoms with E-state index in [1.807, 2.05) is 12.1 Å². The molecule has 1 aromatic carbocycles. The molecule has 108 valence electrons. The molecule has 3 N–H and O–H groups in total. The predicted octanol–water partition coefficient (Wildman–Crippen LogP) is 1.74. The number of benzene rings is 1. The summed E-state index contributed by atoms with van der Waals surface area (Å²) >= 11 is 0. The molecule has 7 nitrogen and oxygen atoms in total. The molecule has 0 aliphatic rings. The molecular weight excluding hydrogens is 272 g/mol. The molecule has 0 saturated heterocycles. The Balaban J connectivity index is 2.12. The van der Waals surface area contributed by atoms with Crippen molar-refractivity contribution < 1.29 is 9.72 Å². The fourth-order valence-corrected chi connectivity index (χ4v) is 1.88. The third-order valence-electron chi connectivity index (χ3n) is 2.96. The zero-order valence-corrected chi connectivity index (χ0v) is 11.2. The number of carbonyl (C=O) groups is 1. The van der Waals surface area contributed by atoms with Crippen LogP contribution in [0.4, 0.5) is 11.4 Å². The molecule has 0 spiro atoms. The number of nitro benzene ring substituents is 1. The van der Waals surface area contributed by atoms with E-state index in [-0.39, 0.29) is 16.9 Å². The number of nitrogens with two attached hydrogens (primary N) is 1. The third-order valence-corrected chi connectivity index (χ3v) is 2.96. The quantitative estimate of drug-likeness (QED) is 0.620. The van der Waals surface area contributed by atoms with Gasteiger partial charge in [0.1, 0.15) is 5.69 Å². The summed E-state index contributed by atoms with van der Waals surface area (Å²) in [5.41, 5.74) is 6.67. The Morgan fingerprint density at radius 2 is 2.00 bits per heavy atom. The van der Waals surface area contributed by atoms with Gasteiger partial charge in [-0.2, -0.15) is 0 Å². The van der Waals surface area contributed by atoms with Gasteiger partial charge < -0.3 is 11.1 Å². The lowest BCUT2D eigenvalue weighted by molar-refractivity contribution is -0.384. The number of rotatable bonds is 6. The first-order valence-corrected chi connectivity index (χ1v) is 6.29. The minimum Gasteiger partial charge on any atom is -0.379 e. The summed E-state index contributed by atoms with van der Waals surface area (Å²) in [6.07, 6.45) is 4.05. The van der Waals surface area contributed by atoms with Gasteiger partial charge in [0, 0.05) is 30.6 Å². The van der Waals surface area contributed by atoms with E-state index in [1.165, 1.54) is 18.2 Å². The number of anilines is 1. The highest BCUT2D eigenvalue weighted by molar-refractivity contribution is 5.94. The summed E-state index contributed by atoms with van der Waals surface area (Å²) in [4.78, 5) is 25.5. The molecule has 0 bridgehead atoms. The number of carbonyl (C=O) groups excluding carboxylic acids is 1. The lowest BCUT2D eigenvalue weighted by atomic mass is 10.1. The van der Waals surface area contributed by atoms with Crippen molar-refractivity contribution in [2.45, 2.75) is 6.42 Å². The largest absolute Gasteiger partial charge is 0.379 e. The van der Waals surface area contributed by atoms with Gasteiger partial charge in [0.2, 0.25) is 5.91 Å². The van der Waals surface area contributed by atoms with Crippen LogP contribution in [0.3, 0.4) is 0 Å². The average Bonchev–Trinajstić information content (AvgIpc) is 2.48. The highest BCUT2D eigenvalue weighted by Crippen LogP contribution is 2.25. The molecule has 0 saturated carbocycles. The lowest BCUT2D eigenvalue weighted by Crippen LogP contribution is -2.13. The second-order valence-electron chi connectivity index (χ2n) is 4.39. The maximum atomic E-state index is 11.1. The van der Waals surface area contributed by atoms with Crippen LogP contribution >= 0.6 is 0 Å². The molecule has 2 aromatic rings. The van der Waals surface area contributed by atoms with Crippen molar-refractivity contribution in [3.05, 3.63) is 64.0 Å². The normalized spacial score (nSPS) is 10.1. The molecule has 0 atom stereocenters. The number of hydrogen-bond acceptors (Lipinski definition) is 5. The molecule has 0 fully saturated rings. The summed E-state index contributed by atoms with van der Waals surface area (Å²) in [5.74, 6) is -0.623. The first-order valence-electron chi connectivity index (χ1n) is 6.29. The zero-order chi connectivity index (χ0) is 15.2. The van der Waals surface area contributed by atoms with E-state index in [9.17, 15) is 14.9 Å². The van der Waals surface area contributed by atoms with Gasteiger partial charge in [-0.05, 0) is 36.2 Å². The van der Waals surface area contributed by atoms with Crippen LogP contribution < -0.4 is 11.1 Å². The van der Waals surface area contributed by atoms with Crippen molar-refractivity contribution in [3.63, 3.8) is 0 Å². The number of aromatic nitrogens is 1. The Morgan fingerprint density at radius 3 is 2.62 bits per heavy atom. The molecule has 0 aliphatic carbocycles. The molecule has 7 heteroatoms. The molecule has 0 aliphatic heterocycles. The summed E-state index contributed by atoms with van der Waals surface area (Å²) in [7, 11) is 0. The van der Waals surface area contributed by atoms with Gasteiger partial charge in [-0.1, -0.05) is 0 Å². The number of nitrogens with zero attached hydrogens (tertiary/aromatic N) is 2. The number of nitro groups is 1. The molecule has 1 amide bonds. The van der Waals surface area contributed by atoms with Crippen molar-refractivity contribution in [3.8, 4) is 0 Å². The Morgan fingerprint density at radius 1 is 1.29 bits per heavy atom. The lowest BCUT2D eigenvalue weighted by Gasteiger charge is -2.08. The Hall–Kier alpha value is -2.96. The summed E-state index contributed by atoms with van der Waals surface area (Å²) in [6, 6.07) is 7.75. The van der Waals surface area contributed by atoms with E-state index in [0.29, 0.717) is 13.0 Å². The van der Waals surface area contributed by atoms with Crippen LogP contribution in [0, 0.1) is 10.1 Å². The first kappa shape index (κ1) is 14.4. The highest BCUT2D eigenvalue weighted by atomic mass is 16.6. The fourth-order valence-electron chi connectivity index (χ4n) is 1.88. The maximum absolute atomic E-state index is 11.1. The van der Waals surface area contributed by atoms with E-state index in [4.69, 9.17) is 5.73 Å². The number of primary amides is 1. The molecule has 1 heterocycles. The van der Waals surface area contributed by atoms with E-state index in [2.05, 4.69) is 10.3 Å².